The van der Waals surface area contributed by atoms with Crippen LogP contribution in [-0.2, 0) is 24.9 Å². The SMILES string of the molecule is NC1=C2NCN(c3oc4c(c3O)O[P+](O)(O)O/C=C3/OC(c5[nH]nc6c(=O)[nH]cnc56)=C(O[P+](O)(O)OC4)[C@@H]3O)C2NCN1. The Bertz CT molecular complexity index is 1820. The molecule has 7 heterocycles. The van der Waals surface area contributed by atoms with Gasteiger partial charge < -0.3 is 45.6 Å². The van der Waals surface area contributed by atoms with E-state index in [1.807, 2.05) is 0 Å². The quantitative estimate of drug-likeness (QED) is 0.130. The molecule has 0 aliphatic carbocycles. The van der Waals surface area contributed by atoms with Crippen LogP contribution in [0.5, 0.6) is 11.5 Å². The number of nitrogens with zero attached hydrogens (tertiary/aromatic N) is 3. The molecule has 13 N–H and O–H groups in total. The van der Waals surface area contributed by atoms with Gasteiger partial charge in [0.1, 0.15) is 23.2 Å². The van der Waals surface area contributed by atoms with Gasteiger partial charge in [-0.15, -0.1) is 4.52 Å². The summed E-state index contributed by atoms with van der Waals surface area (Å²) in [5.41, 5.74) is 5.60. The van der Waals surface area contributed by atoms with Gasteiger partial charge in [0, 0.05) is 0 Å². The Labute approximate surface area is 244 Å². The highest BCUT2D eigenvalue weighted by Crippen LogP contribution is 2.61. The molecule has 24 heteroatoms. The van der Waals surface area contributed by atoms with Crippen LogP contribution in [-0.4, -0.2) is 75.6 Å². The zero-order chi connectivity index (χ0) is 31.0. The van der Waals surface area contributed by atoms with E-state index in [0.717, 1.165) is 6.33 Å². The first kappa shape index (κ1) is 28.4. The van der Waals surface area contributed by atoms with Crippen molar-refractivity contribution in [3.63, 3.8) is 0 Å². The average Bonchev–Trinajstić information content (AvgIpc) is 3.73. The van der Waals surface area contributed by atoms with Crippen molar-refractivity contribution >= 4 is 39.0 Å². The molecule has 2 atom stereocenters. The number of aromatic amines is 2. The Balaban J connectivity index is 1.27. The first-order valence-electron chi connectivity index (χ1n) is 12.4. The molecule has 3 aromatic heterocycles. The third-order valence-electron chi connectivity index (χ3n) is 6.67. The van der Waals surface area contributed by atoms with Gasteiger partial charge in [-0.05, 0) is 0 Å². The third-order valence-corrected chi connectivity index (χ3v) is 8.37. The van der Waals surface area contributed by atoms with Gasteiger partial charge in [-0.2, -0.15) is 24.7 Å². The second-order valence-electron chi connectivity index (χ2n) is 9.39. The topological polar surface area (TPSA) is 320 Å². The van der Waals surface area contributed by atoms with Crippen LogP contribution in [0.1, 0.15) is 11.5 Å². The summed E-state index contributed by atoms with van der Waals surface area (Å²) in [7, 11) is -9.84. The van der Waals surface area contributed by atoms with Crippen LogP contribution in [0.15, 0.2) is 44.8 Å². The van der Waals surface area contributed by atoms with Gasteiger partial charge in [0.2, 0.25) is 23.2 Å². The summed E-state index contributed by atoms with van der Waals surface area (Å²) < 4.78 is 32.0. The Hall–Kier alpha value is -4.37. The molecular weight excluding hydrogens is 636 g/mol. The van der Waals surface area contributed by atoms with Gasteiger partial charge in [0.25, 0.3) is 11.3 Å². The molecule has 0 spiro atoms. The molecule has 0 amide bonds. The minimum Gasteiger partial charge on any atom is -0.500 e. The molecule has 44 heavy (non-hydrogen) atoms. The number of nitrogens with two attached hydrogens (primary N) is 1. The summed E-state index contributed by atoms with van der Waals surface area (Å²) in [6, 6.07) is 0. The molecule has 4 aliphatic heterocycles. The molecule has 22 nitrogen and oxygen atoms in total. The zero-order valence-electron chi connectivity index (χ0n) is 21.8. The van der Waals surface area contributed by atoms with Gasteiger partial charge in [-0.25, -0.2) is 9.51 Å². The Morgan fingerprint density at radius 3 is 2.75 bits per heavy atom. The van der Waals surface area contributed by atoms with E-state index < -0.39 is 75.3 Å². The van der Waals surface area contributed by atoms with Crippen molar-refractivity contribution in [3.8, 4) is 11.5 Å². The number of fused-ring (bicyclic) bond motifs is 5. The number of H-pyrrole nitrogens is 2. The highest BCUT2D eigenvalue weighted by Gasteiger charge is 2.53. The lowest BCUT2D eigenvalue weighted by Gasteiger charge is -2.28. The van der Waals surface area contributed by atoms with Crippen LogP contribution in [0.3, 0.4) is 0 Å². The fraction of sp³-hybridized carbons (Fsp3) is 0.250. The minimum atomic E-state index is -4.92. The molecule has 0 saturated carbocycles. The fourth-order valence-corrected chi connectivity index (χ4v) is 6.20. The molecule has 7 rings (SSSR count). The summed E-state index contributed by atoms with van der Waals surface area (Å²) in [4.78, 5) is 62.6. The van der Waals surface area contributed by atoms with Crippen LogP contribution in [0.4, 0.5) is 5.88 Å². The van der Waals surface area contributed by atoms with Gasteiger partial charge in [0.05, 0.1) is 25.4 Å². The number of ether oxygens (including phenoxy) is 1. The molecule has 0 radical (unpaired) electrons. The van der Waals surface area contributed by atoms with Crippen molar-refractivity contribution in [1.29, 1.82) is 0 Å². The van der Waals surface area contributed by atoms with Crippen LogP contribution in [0, 0.1) is 0 Å². The maximum absolute atomic E-state index is 12.1. The third kappa shape index (κ3) is 4.70. The number of aromatic nitrogens is 4. The number of hydrogen-bond acceptors (Lipinski definition) is 20. The van der Waals surface area contributed by atoms with Crippen molar-refractivity contribution < 1.29 is 57.0 Å². The summed E-state index contributed by atoms with van der Waals surface area (Å²) in [6.07, 6.45) is -0.885. The summed E-state index contributed by atoms with van der Waals surface area (Å²) >= 11 is 0. The lowest BCUT2D eigenvalue weighted by Crippen LogP contribution is -2.51. The van der Waals surface area contributed by atoms with Crippen LogP contribution < -0.4 is 36.7 Å². The molecule has 234 valence electrons. The van der Waals surface area contributed by atoms with Crippen LogP contribution in [0.2, 0.25) is 0 Å². The number of aromatic hydroxyl groups is 1. The van der Waals surface area contributed by atoms with E-state index in [2.05, 4.69) is 36.1 Å². The molecule has 4 aliphatic rings. The van der Waals surface area contributed by atoms with E-state index in [1.54, 1.807) is 0 Å². The molecule has 2 bridgehead atoms. The second-order valence-corrected chi connectivity index (χ2v) is 12.2. The average molecular weight is 659 g/mol. The van der Waals surface area contributed by atoms with Crippen LogP contribution >= 0.6 is 16.3 Å². The molecule has 1 fully saturated rings. The van der Waals surface area contributed by atoms with Crippen molar-refractivity contribution in [2.24, 2.45) is 5.73 Å². The molecule has 0 aromatic carbocycles. The first-order chi connectivity index (χ1) is 20.9. The minimum absolute atomic E-state index is 0.0433. The highest BCUT2D eigenvalue weighted by atomic mass is 31.2. The monoisotopic (exact) mass is 659 g/mol. The summed E-state index contributed by atoms with van der Waals surface area (Å²) in [5.74, 6) is -3.33. The predicted octanol–water partition coefficient (Wildman–Crippen LogP) is -2.22. The predicted molar refractivity (Wildman–Crippen MR) is 144 cm³/mol. The van der Waals surface area contributed by atoms with E-state index in [9.17, 15) is 34.6 Å². The normalized spacial score (nSPS) is 25.5. The lowest BCUT2D eigenvalue weighted by molar-refractivity contribution is 0.102. The number of nitrogens with one attached hydrogen (secondary N) is 5. The Morgan fingerprint density at radius 1 is 1.11 bits per heavy atom. The maximum Gasteiger partial charge on any atom is 0.663 e. The number of rotatable bonds is 2. The molecular formula is C20H23N9O13P2+2. The standard InChI is InChI=1S/C20H21N9O13P2/c21-17-11-18(24-4-23-17)29(5-26-11)20-13(31)14-7(40-20)2-38-44(35,36)42-16-12(30)6(1-37-43(33,34)41-14)39-15(16)9-8-10(28-27-9)19(32)25-3-22-8/h1,3,12,18,24,30,33-36H,2,4-5H2,(H5-2,21,22,23,25,26,27,28,31,32)/p+2/b6-1+/t12-,18?/m1/s1. The van der Waals surface area contributed by atoms with Gasteiger partial charge in [-0.3, -0.25) is 24.3 Å². The van der Waals surface area contributed by atoms with E-state index in [1.165, 1.54) is 4.90 Å². The fourth-order valence-electron chi connectivity index (χ4n) is 4.71. The van der Waals surface area contributed by atoms with Gasteiger partial charge in [0.15, 0.2) is 36.0 Å². The van der Waals surface area contributed by atoms with Gasteiger partial charge >= 0.3 is 16.3 Å². The van der Waals surface area contributed by atoms with E-state index in [4.69, 9.17) is 33.0 Å². The molecule has 1 saturated heterocycles. The highest BCUT2D eigenvalue weighted by molar-refractivity contribution is 7.55. The number of furan rings is 1. The van der Waals surface area contributed by atoms with Crippen molar-refractivity contribution in [1.82, 2.24) is 36.1 Å². The number of anilines is 1. The maximum atomic E-state index is 12.1. The van der Waals surface area contributed by atoms with Crippen molar-refractivity contribution in [2.75, 3.05) is 18.2 Å². The number of aliphatic hydroxyl groups is 1. The van der Waals surface area contributed by atoms with Crippen LogP contribution in [0.25, 0.3) is 16.8 Å². The molecule has 3 aromatic rings. The Kier molecular flexibility index (Phi) is 6.51. The summed E-state index contributed by atoms with van der Waals surface area (Å²) in [5, 5.41) is 37.3. The second kappa shape index (κ2) is 10.1. The zero-order valence-corrected chi connectivity index (χ0v) is 23.6. The Morgan fingerprint density at radius 2 is 1.93 bits per heavy atom. The van der Waals surface area contributed by atoms with E-state index in [0.29, 0.717) is 17.8 Å². The van der Waals surface area contributed by atoms with Crippen molar-refractivity contribution in [2.45, 2.75) is 18.9 Å². The largest absolute Gasteiger partial charge is 0.663 e. The number of hydrogen-bond donors (Lipinski definition) is 12. The van der Waals surface area contributed by atoms with Crippen molar-refractivity contribution in [3.05, 3.63) is 57.4 Å². The van der Waals surface area contributed by atoms with Gasteiger partial charge in [-0.1, -0.05) is 0 Å². The summed E-state index contributed by atoms with van der Waals surface area (Å²) in [6.45, 7) is -0.527. The van der Waals surface area contributed by atoms with E-state index in [-0.39, 0.29) is 35.9 Å². The lowest BCUT2D eigenvalue weighted by atomic mass is 10.2. The smallest absolute Gasteiger partial charge is 0.500 e. The van der Waals surface area contributed by atoms with E-state index >= 15 is 0 Å². The molecule has 1 unspecified atom stereocenters. The first-order valence-corrected chi connectivity index (χ1v) is 15.4. The number of aliphatic hydroxyl groups excluding tert-OH is 1.